The molecule has 4 N–H and O–H groups in total. The summed E-state index contributed by atoms with van der Waals surface area (Å²) < 4.78 is 0. The van der Waals surface area contributed by atoms with Crippen molar-refractivity contribution in [3.8, 4) is 0 Å². The summed E-state index contributed by atoms with van der Waals surface area (Å²) in [6, 6.07) is 7.29. The molecular weight excluding hydrogens is 312 g/mol. The average molecular weight is 336 g/mol. The third kappa shape index (κ3) is 5.06. The number of aliphatic carboxylic acids is 2. The molecule has 0 atom stereocenters. The topological polar surface area (TPSA) is 116 Å². The number of carbonyl (C=O) groups is 3. The minimum atomic E-state index is -2.53. The summed E-state index contributed by atoms with van der Waals surface area (Å²) in [5, 5.41) is 23.1. The van der Waals surface area contributed by atoms with Crippen LogP contribution < -0.4 is 10.6 Å². The summed E-state index contributed by atoms with van der Waals surface area (Å²) in [6.07, 6.45) is 1.31. The van der Waals surface area contributed by atoms with E-state index in [0.717, 1.165) is 12.0 Å². The quantitative estimate of drug-likeness (QED) is 0.397. The third-order valence-electron chi connectivity index (χ3n) is 3.55. The van der Waals surface area contributed by atoms with Crippen LogP contribution in [0.15, 0.2) is 24.3 Å². The van der Waals surface area contributed by atoms with E-state index >= 15 is 0 Å². The number of nitrogens with one attached hydrogen (secondary N) is 2. The Morgan fingerprint density at radius 1 is 1.04 bits per heavy atom. The lowest BCUT2D eigenvalue weighted by molar-refractivity contribution is -0.164. The molecule has 0 aliphatic heterocycles. The molecule has 0 spiro atoms. The van der Waals surface area contributed by atoms with Crippen LogP contribution in [0, 0.1) is 0 Å². The number of hydrogen-bond donors (Lipinski definition) is 4. The second-order valence-electron chi connectivity index (χ2n) is 5.88. The number of carbonyl (C=O) groups excluding carboxylic acids is 1. The van der Waals surface area contributed by atoms with Gasteiger partial charge in [-0.1, -0.05) is 31.2 Å². The molecule has 0 heterocycles. The van der Waals surface area contributed by atoms with E-state index in [1.54, 1.807) is 13.8 Å². The van der Waals surface area contributed by atoms with Crippen LogP contribution >= 0.6 is 0 Å². The summed E-state index contributed by atoms with van der Waals surface area (Å²) in [4.78, 5) is 34.9. The molecule has 1 amide bonds. The van der Waals surface area contributed by atoms with Gasteiger partial charge in [0, 0.05) is 12.5 Å². The molecule has 0 unspecified atom stereocenters. The van der Waals surface area contributed by atoms with Crippen LogP contribution in [-0.4, -0.2) is 39.8 Å². The van der Waals surface area contributed by atoms with Crippen LogP contribution in [0.1, 0.15) is 38.3 Å². The second-order valence-corrected chi connectivity index (χ2v) is 5.88. The molecule has 0 aliphatic carbocycles. The van der Waals surface area contributed by atoms with Crippen molar-refractivity contribution in [1.29, 1.82) is 0 Å². The maximum Gasteiger partial charge on any atom is 0.356 e. The highest BCUT2D eigenvalue weighted by Gasteiger charge is 2.48. The minimum Gasteiger partial charge on any atom is -0.478 e. The molecule has 7 nitrogen and oxygen atoms in total. The van der Waals surface area contributed by atoms with Gasteiger partial charge in [0.05, 0.1) is 0 Å². The van der Waals surface area contributed by atoms with E-state index in [1.807, 2.05) is 31.2 Å². The number of hydrogen-bond acceptors (Lipinski definition) is 4. The number of carboxylic acids is 2. The van der Waals surface area contributed by atoms with Crippen LogP contribution in [0.4, 0.5) is 0 Å². The lowest BCUT2D eigenvalue weighted by Gasteiger charge is -2.29. The fourth-order valence-electron chi connectivity index (χ4n) is 2.26. The largest absolute Gasteiger partial charge is 0.478 e. The van der Waals surface area contributed by atoms with Crippen LogP contribution in [-0.2, 0) is 27.2 Å². The van der Waals surface area contributed by atoms with E-state index in [-0.39, 0.29) is 6.42 Å². The summed E-state index contributed by atoms with van der Waals surface area (Å²) in [5.74, 6) is -3.97. The normalized spacial score (nSPS) is 11.3. The van der Waals surface area contributed by atoms with E-state index in [4.69, 9.17) is 0 Å². The monoisotopic (exact) mass is 336 g/mol. The van der Waals surface area contributed by atoms with Crippen molar-refractivity contribution >= 4 is 17.8 Å². The van der Waals surface area contributed by atoms with Gasteiger partial charge in [0.15, 0.2) is 0 Å². The minimum absolute atomic E-state index is 0.00639. The summed E-state index contributed by atoms with van der Waals surface area (Å²) in [6.45, 7) is 5.24. The molecular formula is C17H24N2O5. The molecule has 1 rings (SSSR count). The molecule has 0 aliphatic rings. The van der Waals surface area contributed by atoms with Gasteiger partial charge in [-0.15, -0.1) is 0 Å². The average Bonchev–Trinajstić information content (AvgIpc) is 2.51. The Hall–Kier alpha value is -2.41. The number of aryl methyl sites for hydroxylation is 2. The SMILES string of the molecule is CCc1ccc(CCC(=O)NC(NC(C)C)(C(=O)O)C(=O)O)cc1. The highest BCUT2D eigenvalue weighted by atomic mass is 16.4. The zero-order valence-corrected chi connectivity index (χ0v) is 14.1. The van der Waals surface area contributed by atoms with Gasteiger partial charge < -0.3 is 15.5 Å². The summed E-state index contributed by atoms with van der Waals surface area (Å²) in [7, 11) is 0. The Morgan fingerprint density at radius 2 is 1.54 bits per heavy atom. The predicted octanol–water partition coefficient (Wildman–Crippen LogP) is 1.16. The first-order valence-electron chi connectivity index (χ1n) is 7.84. The first-order chi connectivity index (χ1) is 11.2. The zero-order chi connectivity index (χ0) is 18.3. The molecule has 0 saturated heterocycles. The Labute approximate surface area is 141 Å². The molecule has 0 saturated carbocycles. The van der Waals surface area contributed by atoms with E-state index in [2.05, 4.69) is 10.6 Å². The Kier molecular flexibility index (Phi) is 6.91. The van der Waals surface area contributed by atoms with Gasteiger partial charge in [0.2, 0.25) is 5.91 Å². The Bertz CT molecular complexity index is 582. The highest BCUT2D eigenvalue weighted by molar-refractivity contribution is 6.05. The van der Waals surface area contributed by atoms with Crippen molar-refractivity contribution in [3.63, 3.8) is 0 Å². The van der Waals surface area contributed by atoms with Gasteiger partial charge >= 0.3 is 11.9 Å². The number of carboxylic acid groups (broad SMARTS) is 2. The Morgan fingerprint density at radius 3 is 1.96 bits per heavy atom. The fourth-order valence-corrected chi connectivity index (χ4v) is 2.26. The van der Waals surface area contributed by atoms with Gasteiger partial charge in [-0.25, -0.2) is 9.59 Å². The molecule has 0 bridgehead atoms. The first-order valence-corrected chi connectivity index (χ1v) is 7.84. The summed E-state index contributed by atoms with van der Waals surface area (Å²) in [5.41, 5.74) is -0.423. The standard InChI is InChI=1S/C17H24N2O5/c1-4-12-5-7-13(8-6-12)9-10-14(20)19-17(15(21)22,16(23)24)18-11(2)3/h5-8,11,18H,4,9-10H2,1-3H3,(H,19,20)(H,21,22)(H,23,24). The molecule has 24 heavy (non-hydrogen) atoms. The van der Waals surface area contributed by atoms with Crippen LogP contribution in [0.3, 0.4) is 0 Å². The van der Waals surface area contributed by atoms with Crippen molar-refractivity contribution in [2.24, 2.45) is 0 Å². The maximum atomic E-state index is 12.1. The number of rotatable bonds is 9. The van der Waals surface area contributed by atoms with Gasteiger partial charge in [0.1, 0.15) is 0 Å². The maximum absolute atomic E-state index is 12.1. The molecule has 1 aromatic rings. The van der Waals surface area contributed by atoms with Crippen molar-refractivity contribution in [2.75, 3.05) is 0 Å². The van der Waals surface area contributed by atoms with Crippen LogP contribution in [0.25, 0.3) is 0 Å². The fraction of sp³-hybridized carbons (Fsp3) is 0.471. The number of benzene rings is 1. The third-order valence-corrected chi connectivity index (χ3v) is 3.55. The lowest BCUT2D eigenvalue weighted by atomic mass is 10.0. The smallest absolute Gasteiger partial charge is 0.356 e. The predicted molar refractivity (Wildman–Crippen MR) is 88.6 cm³/mol. The molecule has 0 radical (unpaired) electrons. The van der Waals surface area contributed by atoms with Crippen molar-refractivity contribution in [1.82, 2.24) is 10.6 Å². The van der Waals surface area contributed by atoms with Gasteiger partial charge in [-0.05, 0) is 37.8 Å². The summed E-state index contributed by atoms with van der Waals surface area (Å²) >= 11 is 0. The molecule has 1 aromatic carbocycles. The Balaban J connectivity index is 2.77. The number of amides is 1. The zero-order valence-electron chi connectivity index (χ0n) is 14.1. The van der Waals surface area contributed by atoms with E-state index in [1.165, 1.54) is 5.56 Å². The highest BCUT2D eigenvalue weighted by Crippen LogP contribution is 2.09. The van der Waals surface area contributed by atoms with Crippen molar-refractivity contribution < 1.29 is 24.6 Å². The van der Waals surface area contributed by atoms with Gasteiger partial charge in [-0.2, -0.15) is 0 Å². The van der Waals surface area contributed by atoms with Crippen molar-refractivity contribution in [2.45, 2.75) is 51.7 Å². The van der Waals surface area contributed by atoms with Crippen LogP contribution in [0.5, 0.6) is 0 Å². The van der Waals surface area contributed by atoms with E-state index in [0.29, 0.717) is 6.42 Å². The first kappa shape index (κ1) is 19.6. The molecule has 132 valence electrons. The van der Waals surface area contributed by atoms with Crippen molar-refractivity contribution in [3.05, 3.63) is 35.4 Å². The molecule has 0 fully saturated rings. The molecule has 7 heteroatoms. The lowest BCUT2D eigenvalue weighted by Crippen LogP contribution is -2.70. The van der Waals surface area contributed by atoms with E-state index in [9.17, 15) is 24.6 Å². The van der Waals surface area contributed by atoms with E-state index < -0.39 is 29.6 Å². The van der Waals surface area contributed by atoms with Crippen LogP contribution in [0.2, 0.25) is 0 Å². The van der Waals surface area contributed by atoms with Gasteiger partial charge in [0.25, 0.3) is 5.66 Å². The second kappa shape index (κ2) is 8.44. The van der Waals surface area contributed by atoms with Gasteiger partial charge in [-0.3, -0.25) is 10.1 Å². The molecule has 0 aromatic heterocycles.